The summed E-state index contributed by atoms with van der Waals surface area (Å²) in [5.41, 5.74) is 4.96. The van der Waals surface area contributed by atoms with E-state index in [1.165, 1.54) is 0 Å². The fourth-order valence-corrected chi connectivity index (χ4v) is 1.79. The van der Waals surface area contributed by atoms with Crippen molar-refractivity contribution in [2.24, 2.45) is 5.84 Å². The predicted molar refractivity (Wildman–Crippen MR) is 73.0 cm³/mol. The van der Waals surface area contributed by atoms with Gasteiger partial charge in [-0.2, -0.15) is 0 Å². The highest BCUT2D eigenvalue weighted by Gasteiger charge is 2.09. The van der Waals surface area contributed by atoms with Crippen LogP contribution in [-0.4, -0.2) is 0 Å². The third-order valence-corrected chi connectivity index (χ3v) is 2.87. The van der Waals surface area contributed by atoms with Gasteiger partial charge in [-0.25, -0.2) is 0 Å². The van der Waals surface area contributed by atoms with Crippen LogP contribution in [0, 0.1) is 0 Å². The van der Waals surface area contributed by atoms with Crippen molar-refractivity contribution in [2.45, 2.75) is 19.6 Å². The Labute approximate surface area is 108 Å². The standard InChI is InChI=1S/C15H18N2O/c1-12(17-16)14-9-5-6-10-15(14)18-11-13-7-3-2-4-8-13/h2-10,12,17H,11,16H2,1H3/t12-/m1/s1. The van der Waals surface area contributed by atoms with Gasteiger partial charge in [-0.3, -0.25) is 11.3 Å². The minimum atomic E-state index is 0.0666. The summed E-state index contributed by atoms with van der Waals surface area (Å²) in [7, 11) is 0. The Morgan fingerprint density at radius 1 is 1.06 bits per heavy atom. The lowest BCUT2D eigenvalue weighted by Gasteiger charge is -2.16. The lowest BCUT2D eigenvalue weighted by molar-refractivity contribution is 0.300. The molecule has 2 aromatic carbocycles. The number of para-hydroxylation sites is 1. The van der Waals surface area contributed by atoms with Gasteiger partial charge in [0, 0.05) is 11.6 Å². The van der Waals surface area contributed by atoms with Crippen molar-refractivity contribution in [3.63, 3.8) is 0 Å². The normalized spacial score (nSPS) is 12.1. The van der Waals surface area contributed by atoms with Crippen LogP contribution in [0.25, 0.3) is 0 Å². The van der Waals surface area contributed by atoms with Gasteiger partial charge in [0.2, 0.25) is 0 Å². The first-order valence-corrected chi connectivity index (χ1v) is 6.03. The number of benzene rings is 2. The van der Waals surface area contributed by atoms with Crippen LogP contribution < -0.4 is 16.0 Å². The molecule has 1 atom stereocenters. The van der Waals surface area contributed by atoms with E-state index in [9.17, 15) is 0 Å². The van der Waals surface area contributed by atoms with Crippen LogP contribution in [0.2, 0.25) is 0 Å². The lowest BCUT2D eigenvalue weighted by Crippen LogP contribution is -2.26. The fraction of sp³-hybridized carbons (Fsp3) is 0.200. The highest BCUT2D eigenvalue weighted by atomic mass is 16.5. The fourth-order valence-electron chi connectivity index (χ4n) is 1.79. The van der Waals surface area contributed by atoms with E-state index in [2.05, 4.69) is 5.43 Å². The molecule has 3 nitrogen and oxygen atoms in total. The van der Waals surface area contributed by atoms with Gasteiger partial charge in [-0.15, -0.1) is 0 Å². The Bertz CT molecular complexity index is 485. The van der Waals surface area contributed by atoms with Gasteiger partial charge in [-0.05, 0) is 18.6 Å². The Kier molecular flexibility index (Phi) is 4.34. The van der Waals surface area contributed by atoms with Crippen LogP contribution in [0.15, 0.2) is 54.6 Å². The van der Waals surface area contributed by atoms with E-state index < -0.39 is 0 Å². The first-order chi connectivity index (χ1) is 8.81. The molecule has 0 aromatic heterocycles. The Morgan fingerprint density at radius 3 is 2.44 bits per heavy atom. The van der Waals surface area contributed by atoms with Gasteiger partial charge in [0.25, 0.3) is 0 Å². The predicted octanol–water partition coefficient (Wildman–Crippen LogP) is 2.79. The first kappa shape index (κ1) is 12.6. The van der Waals surface area contributed by atoms with E-state index in [0.29, 0.717) is 6.61 Å². The smallest absolute Gasteiger partial charge is 0.124 e. The molecule has 94 valence electrons. The molecular formula is C15H18N2O. The van der Waals surface area contributed by atoms with Gasteiger partial charge in [0.1, 0.15) is 12.4 Å². The molecule has 0 radical (unpaired) electrons. The van der Waals surface area contributed by atoms with Crippen molar-refractivity contribution in [2.75, 3.05) is 0 Å². The number of nitrogens with one attached hydrogen (secondary N) is 1. The maximum atomic E-state index is 5.85. The van der Waals surface area contributed by atoms with E-state index in [4.69, 9.17) is 10.6 Å². The summed E-state index contributed by atoms with van der Waals surface area (Å²) in [6.07, 6.45) is 0. The number of hydrogen-bond donors (Lipinski definition) is 2. The molecule has 0 aliphatic heterocycles. The zero-order valence-corrected chi connectivity index (χ0v) is 10.5. The summed E-state index contributed by atoms with van der Waals surface area (Å²) in [5.74, 6) is 6.34. The molecule has 0 saturated heterocycles. The van der Waals surface area contributed by atoms with Gasteiger partial charge < -0.3 is 4.74 Å². The van der Waals surface area contributed by atoms with Crippen LogP contribution in [0.4, 0.5) is 0 Å². The molecule has 0 aliphatic carbocycles. The molecule has 0 aliphatic rings. The zero-order valence-electron chi connectivity index (χ0n) is 10.5. The van der Waals surface area contributed by atoms with Crippen LogP contribution in [0.3, 0.4) is 0 Å². The molecule has 3 heteroatoms. The summed E-state index contributed by atoms with van der Waals surface area (Å²) in [5, 5.41) is 0. The third-order valence-electron chi connectivity index (χ3n) is 2.87. The number of rotatable bonds is 5. The summed E-state index contributed by atoms with van der Waals surface area (Å²) in [4.78, 5) is 0. The highest BCUT2D eigenvalue weighted by Crippen LogP contribution is 2.24. The molecular weight excluding hydrogens is 224 g/mol. The van der Waals surface area contributed by atoms with Crippen molar-refractivity contribution in [3.05, 3.63) is 65.7 Å². The van der Waals surface area contributed by atoms with Crippen LogP contribution in [-0.2, 0) is 6.61 Å². The van der Waals surface area contributed by atoms with Gasteiger partial charge in [-0.1, -0.05) is 48.5 Å². The Morgan fingerprint density at radius 2 is 1.72 bits per heavy atom. The Hall–Kier alpha value is -1.84. The van der Waals surface area contributed by atoms with E-state index in [0.717, 1.165) is 16.9 Å². The van der Waals surface area contributed by atoms with Crippen molar-refractivity contribution < 1.29 is 4.74 Å². The molecule has 3 N–H and O–H groups in total. The number of ether oxygens (including phenoxy) is 1. The minimum Gasteiger partial charge on any atom is -0.489 e. The topological polar surface area (TPSA) is 47.3 Å². The van der Waals surface area contributed by atoms with E-state index in [1.54, 1.807) is 0 Å². The second kappa shape index (κ2) is 6.19. The highest BCUT2D eigenvalue weighted by molar-refractivity contribution is 5.35. The Balaban J connectivity index is 2.10. The van der Waals surface area contributed by atoms with E-state index in [1.807, 2.05) is 61.5 Å². The van der Waals surface area contributed by atoms with Gasteiger partial charge in [0.05, 0.1) is 0 Å². The molecule has 0 unspecified atom stereocenters. The maximum Gasteiger partial charge on any atom is 0.124 e. The van der Waals surface area contributed by atoms with E-state index >= 15 is 0 Å². The van der Waals surface area contributed by atoms with Gasteiger partial charge >= 0.3 is 0 Å². The summed E-state index contributed by atoms with van der Waals surface area (Å²) >= 11 is 0. The molecule has 0 spiro atoms. The quantitative estimate of drug-likeness (QED) is 0.626. The molecule has 2 aromatic rings. The monoisotopic (exact) mass is 242 g/mol. The summed E-state index contributed by atoms with van der Waals surface area (Å²) < 4.78 is 5.85. The van der Waals surface area contributed by atoms with Crippen LogP contribution in [0.1, 0.15) is 24.1 Å². The number of hydrogen-bond acceptors (Lipinski definition) is 3. The largest absolute Gasteiger partial charge is 0.489 e. The summed E-state index contributed by atoms with van der Waals surface area (Å²) in [6, 6.07) is 18.1. The average molecular weight is 242 g/mol. The van der Waals surface area contributed by atoms with Gasteiger partial charge in [0.15, 0.2) is 0 Å². The second-order valence-electron chi connectivity index (χ2n) is 4.20. The average Bonchev–Trinajstić information content (AvgIpc) is 2.45. The third kappa shape index (κ3) is 3.09. The van der Waals surface area contributed by atoms with Crippen molar-refractivity contribution in [1.82, 2.24) is 5.43 Å². The molecule has 18 heavy (non-hydrogen) atoms. The molecule has 0 amide bonds. The zero-order chi connectivity index (χ0) is 12.8. The van der Waals surface area contributed by atoms with Crippen molar-refractivity contribution in [3.8, 4) is 5.75 Å². The number of hydrazine groups is 1. The molecule has 0 saturated carbocycles. The van der Waals surface area contributed by atoms with E-state index in [-0.39, 0.29) is 6.04 Å². The molecule has 0 fully saturated rings. The SMILES string of the molecule is C[C@@H](NN)c1ccccc1OCc1ccccc1. The minimum absolute atomic E-state index is 0.0666. The second-order valence-corrected chi connectivity index (χ2v) is 4.20. The molecule has 0 bridgehead atoms. The molecule has 0 heterocycles. The van der Waals surface area contributed by atoms with Crippen LogP contribution >= 0.6 is 0 Å². The van der Waals surface area contributed by atoms with Crippen LogP contribution in [0.5, 0.6) is 5.75 Å². The lowest BCUT2D eigenvalue weighted by atomic mass is 10.1. The van der Waals surface area contributed by atoms with Crippen molar-refractivity contribution in [1.29, 1.82) is 0 Å². The summed E-state index contributed by atoms with van der Waals surface area (Å²) in [6.45, 7) is 2.57. The maximum absolute atomic E-state index is 5.85. The van der Waals surface area contributed by atoms with Crippen molar-refractivity contribution >= 4 is 0 Å². The molecule has 2 rings (SSSR count). The number of nitrogens with two attached hydrogens (primary N) is 1. The first-order valence-electron chi connectivity index (χ1n) is 6.03.